The number of carbonyl (C=O) groups is 2. The summed E-state index contributed by atoms with van der Waals surface area (Å²) in [7, 11) is 0. The first-order valence-electron chi connectivity index (χ1n) is 6.59. The first kappa shape index (κ1) is 15.3. The molecule has 0 radical (unpaired) electrons. The van der Waals surface area contributed by atoms with E-state index in [1.54, 1.807) is 18.7 Å². The van der Waals surface area contributed by atoms with Crippen molar-refractivity contribution < 1.29 is 9.59 Å². The second-order valence-electron chi connectivity index (χ2n) is 5.80. The quantitative estimate of drug-likeness (QED) is 0.932. The topological polar surface area (TPSA) is 49.4 Å². The molecule has 1 unspecified atom stereocenters. The summed E-state index contributed by atoms with van der Waals surface area (Å²) in [5.41, 5.74) is -1.68. The lowest BCUT2D eigenvalue weighted by Gasteiger charge is -2.48. The maximum absolute atomic E-state index is 12.7. The average Bonchev–Trinajstić information content (AvgIpc) is 2.77. The Labute approximate surface area is 128 Å². The van der Waals surface area contributed by atoms with Crippen LogP contribution in [0.2, 0.25) is 4.34 Å². The molecule has 0 saturated carbocycles. The third kappa shape index (κ3) is 2.44. The fourth-order valence-electron chi connectivity index (χ4n) is 2.35. The molecule has 1 saturated heterocycles. The van der Waals surface area contributed by atoms with E-state index < -0.39 is 11.1 Å². The summed E-state index contributed by atoms with van der Waals surface area (Å²) in [6, 6.07) is 3.71. The fraction of sp³-hybridized carbons (Fsp3) is 0.571. The van der Waals surface area contributed by atoms with Crippen LogP contribution in [0.5, 0.6) is 0 Å². The van der Waals surface area contributed by atoms with Gasteiger partial charge < -0.3 is 10.2 Å². The van der Waals surface area contributed by atoms with Crippen molar-refractivity contribution in [3.8, 4) is 0 Å². The molecular formula is C14H19ClN2O2S. The first-order chi connectivity index (χ1) is 9.20. The Bertz CT molecular complexity index is 555. The van der Waals surface area contributed by atoms with Crippen LogP contribution in [0.3, 0.4) is 0 Å². The molecule has 0 aliphatic carbocycles. The molecular weight excluding hydrogens is 296 g/mol. The second kappa shape index (κ2) is 5.04. The van der Waals surface area contributed by atoms with Crippen LogP contribution in [0.4, 0.5) is 0 Å². The number of piperazine rings is 1. The SMILES string of the molecule is CCC1(C)C(=O)NC(C)(C)C(=O)N1Cc1ccc(Cl)s1. The van der Waals surface area contributed by atoms with E-state index >= 15 is 0 Å². The largest absolute Gasteiger partial charge is 0.340 e. The van der Waals surface area contributed by atoms with Gasteiger partial charge >= 0.3 is 0 Å². The van der Waals surface area contributed by atoms with Gasteiger partial charge in [-0.1, -0.05) is 18.5 Å². The summed E-state index contributed by atoms with van der Waals surface area (Å²) >= 11 is 7.38. The average molecular weight is 315 g/mol. The zero-order chi connectivity index (χ0) is 15.1. The number of amides is 2. The third-order valence-electron chi connectivity index (χ3n) is 3.92. The Morgan fingerprint density at radius 1 is 1.30 bits per heavy atom. The molecule has 6 heteroatoms. The molecule has 0 bridgehead atoms. The minimum Gasteiger partial charge on any atom is -0.340 e. The van der Waals surface area contributed by atoms with E-state index in [1.165, 1.54) is 11.3 Å². The molecule has 110 valence electrons. The zero-order valence-electron chi connectivity index (χ0n) is 12.1. The van der Waals surface area contributed by atoms with Gasteiger partial charge in [-0.25, -0.2) is 0 Å². The number of nitrogens with zero attached hydrogens (tertiary/aromatic N) is 1. The van der Waals surface area contributed by atoms with Crippen LogP contribution >= 0.6 is 22.9 Å². The Balaban J connectivity index is 2.38. The molecule has 4 nitrogen and oxygen atoms in total. The van der Waals surface area contributed by atoms with Crippen molar-refractivity contribution in [2.24, 2.45) is 0 Å². The van der Waals surface area contributed by atoms with Crippen molar-refractivity contribution in [3.05, 3.63) is 21.3 Å². The number of thiophene rings is 1. The van der Waals surface area contributed by atoms with Crippen LogP contribution in [-0.4, -0.2) is 27.8 Å². The molecule has 20 heavy (non-hydrogen) atoms. The van der Waals surface area contributed by atoms with Crippen LogP contribution in [-0.2, 0) is 16.1 Å². The van der Waals surface area contributed by atoms with E-state index in [4.69, 9.17) is 11.6 Å². The lowest BCUT2D eigenvalue weighted by Crippen LogP contribution is -2.72. The summed E-state index contributed by atoms with van der Waals surface area (Å²) < 4.78 is 0.686. The molecule has 2 amide bonds. The number of carbonyl (C=O) groups excluding carboxylic acids is 2. The molecule has 1 atom stereocenters. The van der Waals surface area contributed by atoms with Gasteiger partial charge in [0.05, 0.1) is 10.9 Å². The van der Waals surface area contributed by atoms with E-state index in [2.05, 4.69) is 5.32 Å². The van der Waals surface area contributed by atoms with Gasteiger partial charge in [0, 0.05) is 4.88 Å². The fourth-order valence-corrected chi connectivity index (χ4v) is 3.42. The van der Waals surface area contributed by atoms with Gasteiger partial charge in [-0.15, -0.1) is 11.3 Å². The monoisotopic (exact) mass is 314 g/mol. The van der Waals surface area contributed by atoms with E-state index in [0.717, 1.165) is 4.88 Å². The summed E-state index contributed by atoms with van der Waals surface area (Å²) in [6.07, 6.45) is 0.569. The van der Waals surface area contributed by atoms with Crippen LogP contribution in [0.25, 0.3) is 0 Å². The number of hydrogen-bond donors (Lipinski definition) is 1. The van der Waals surface area contributed by atoms with Crippen molar-refractivity contribution in [3.63, 3.8) is 0 Å². The van der Waals surface area contributed by atoms with Gasteiger partial charge in [-0.3, -0.25) is 9.59 Å². The maximum Gasteiger partial charge on any atom is 0.248 e. The van der Waals surface area contributed by atoms with Gasteiger partial charge in [0.2, 0.25) is 11.8 Å². The minimum absolute atomic E-state index is 0.0639. The maximum atomic E-state index is 12.7. The van der Waals surface area contributed by atoms with Gasteiger partial charge in [-0.05, 0) is 39.3 Å². The lowest BCUT2D eigenvalue weighted by molar-refractivity contribution is -0.161. The molecule has 1 aromatic rings. The van der Waals surface area contributed by atoms with Crippen molar-refractivity contribution >= 4 is 34.8 Å². The molecule has 1 N–H and O–H groups in total. The van der Waals surface area contributed by atoms with Crippen molar-refractivity contribution in [2.45, 2.75) is 51.7 Å². The molecule has 2 rings (SSSR count). The van der Waals surface area contributed by atoms with E-state index in [0.29, 0.717) is 17.3 Å². The van der Waals surface area contributed by atoms with Gasteiger partial charge in [-0.2, -0.15) is 0 Å². The molecule has 2 heterocycles. The molecule has 1 aromatic heterocycles. The van der Waals surface area contributed by atoms with Crippen LogP contribution in [0.1, 0.15) is 39.0 Å². The summed E-state index contributed by atoms with van der Waals surface area (Å²) in [6.45, 7) is 7.61. The van der Waals surface area contributed by atoms with Crippen LogP contribution < -0.4 is 5.32 Å². The Morgan fingerprint density at radius 3 is 2.45 bits per heavy atom. The van der Waals surface area contributed by atoms with Crippen LogP contribution in [0, 0.1) is 0 Å². The zero-order valence-corrected chi connectivity index (χ0v) is 13.7. The molecule has 1 aliphatic rings. The predicted molar refractivity (Wildman–Crippen MR) is 80.8 cm³/mol. The highest BCUT2D eigenvalue weighted by molar-refractivity contribution is 7.16. The third-order valence-corrected chi connectivity index (χ3v) is 5.14. The number of rotatable bonds is 3. The molecule has 1 fully saturated rings. The second-order valence-corrected chi connectivity index (χ2v) is 7.60. The van der Waals surface area contributed by atoms with Crippen LogP contribution in [0.15, 0.2) is 12.1 Å². The Kier molecular flexibility index (Phi) is 3.86. The van der Waals surface area contributed by atoms with Crippen molar-refractivity contribution in [1.82, 2.24) is 10.2 Å². The number of halogens is 1. The smallest absolute Gasteiger partial charge is 0.248 e. The first-order valence-corrected chi connectivity index (χ1v) is 7.79. The lowest BCUT2D eigenvalue weighted by atomic mass is 9.86. The molecule has 1 aliphatic heterocycles. The van der Waals surface area contributed by atoms with Crippen molar-refractivity contribution in [2.75, 3.05) is 0 Å². The van der Waals surface area contributed by atoms with Gasteiger partial charge in [0.1, 0.15) is 11.1 Å². The highest BCUT2D eigenvalue weighted by atomic mass is 35.5. The highest BCUT2D eigenvalue weighted by Gasteiger charge is 2.51. The van der Waals surface area contributed by atoms with E-state index in [9.17, 15) is 9.59 Å². The highest BCUT2D eigenvalue weighted by Crippen LogP contribution is 2.32. The molecule has 0 aromatic carbocycles. The molecule has 0 spiro atoms. The summed E-state index contributed by atoms with van der Waals surface area (Å²) in [4.78, 5) is 27.7. The van der Waals surface area contributed by atoms with E-state index in [1.807, 2.05) is 26.0 Å². The number of hydrogen-bond acceptors (Lipinski definition) is 3. The predicted octanol–water partition coefficient (Wildman–Crippen LogP) is 2.81. The van der Waals surface area contributed by atoms with Gasteiger partial charge in [0.25, 0.3) is 0 Å². The Morgan fingerprint density at radius 2 is 1.95 bits per heavy atom. The summed E-state index contributed by atoms with van der Waals surface area (Å²) in [5.74, 6) is -0.168. The standard InChI is InChI=1S/C14H19ClN2O2S/c1-5-14(4)11(18)16-13(2,3)12(19)17(14)8-9-6-7-10(15)20-9/h6-7H,5,8H2,1-4H3,(H,16,18). The number of nitrogens with one attached hydrogen (secondary N) is 1. The Hall–Kier alpha value is -1.07. The van der Waals surface area contributed by atoms with Gasteiger partial charge in [0.15, 0.2) is 0 Å². The van der Waals surface area contributed by atoms with Crippen molar-refractivity contribution in [1.29, 1.82) is 0 Å². The summed E-state index contributed by atoms with van der Waals surface area (Å²) in [5, 5.41) is 2.82. The van der Waals surface area contributed by atoms with E-state index in [-0.39, 0.29) is 11.8 Å². The minimum atomic E-state index is -0.868. The normalized spacial score (nSPS) is 25.8.